The van der Waals surface area contributed by atoms with Crippen LogP contribution in [0.2, 0.25) is 0 Å². The summed E-state index contributed by atoms with van der Waals surface area (Å²) >= 11 is 7.99. The van der Waals surface area contributed by atoms with E-state index in [1.54, 1.807) is 17.8 Å². The number of ether oxygens (including phenoxy) is 1. The summed E-state index contributed by atoms with van der Waals surface area (Å²) in [5.41, 5.74) is 0.923. The molecule has 0 aliphatic carbocycles. The van der Waals surface area contributed by atoms with Gasteiger partial charge in [0.1, 0.15) is 10.9 Å². The van der Waals surface area contributed by atoms with Crippen LogP contribution in [0.15, 0.2) is 34.1 Å². The van der Waals surface area contributed by atoms with Crippen LogP contribution in [0.5, 0.6) is 0 Å². The van der Waals surface area contributed by atoms with E-state index in [0.29, 0.717) is 9.23 Å². The van der Waals surface area contributed by atoms with Crippen molar-refractivity contribution in [3.63, 3.8) is 0 Å². The van der Waals surface area contributed by atoms with Crippen LogP contribution in [-0.4, -0.2) is 41.0 Å². The quantitative estimate of drug-likeness (QED) is 0.364. The van der Waals surface area contributed by atoms with E-state index in [4.69, 9.17) is 12.2 Å². The first kappa shape index (κ1) is 16.1. The smallest absolute Gasteiger partial charge is 0.325 e. The van der Waals surface area contributed by atoms with Crippen molar-refractivity contribution in [2.45, 2.75) is 4.90 Å². The summed E-state index contributed by atoms with van der Waals surface area (Å²) in [6.45, 7) is -0.149. The highest BCUT2D eigenvalue weighted by molar-refractivity contribution is 8.26. The molecule has 1 aromatic rings. The van der Waals surface area contributed by atoms with Crippen LogP contribution in [0.25, 0.3) is 6.08 Å². The third-order valence-electron chi connectivity index (χ3n) is 2.80. The summed E-state index contributed by atoms with van der Waals surface area (Å²) in [4.78, 5) is 26.5. The third kappa shape index (κ3) is 3.87. The number of esters is 1. The fourth-order valence-electron chi connectivity index (χ4n) is 1.68. The highest BCUT2D eigenvalue weighted by atomic mass is 32.2. The molecular weight excluding hydrogens is 326 g/mol. The maximum atomic E-state index is 12.2. The molecule has 1 aromatic carbocycles. The lowest BCUT2D eigenvalue weighted by Crippen LogP contribution is -2.33. The zero-order chi connectivity index (χ0) is 15.4. The highest BCUT2D eigenvalue weighted by Gasteiger charge is 2.33. The van der Waals surface area contributed by atoms with Gasteiger partial charge in [0.2, 0.25) is 0 Å². The van der Waals surface area contributed by atoms with Crippen molar-refractivity contribution in [1.82, 2.24) is 4.90 Å². The number of carbonyl (C=O) groups is 2. The molecule has 7 heteroatoms. The minimum absolute atomic E-state index is 0.149. The normalized spacial score (nSPS) is 16.7. The van der Waals surface area contributed by atoms with E-state index in [1.807, 2.05) is 30.5 Å². The zero-order valence-corrected chi connectivity index (χ0v) is 13.9. The molecule has 110 valence electrons. The zero-order valence-electron chi connectivity index (χ0n) is 11.5. The molecule has 0 atom stereocenters. The van der Waals surface area contributed by atoms with E-state index in [1.165, 1.54) is 23.8 Å². The molecule has 0 N–H and O–H groups in total. The monoisotopic (exact) mass is 339 g/mol. The molecule has 4 nitrogen and oxygen atoms in total. The molecule has 2 rings (SSSR count). The molecule has 0 bridgehead atoms. The molecule has 1 saturated heterocycles. The number of benzene rings is 1. The van der Waals surface area contributed by atoms with E-state index in [9.17, 15) is 9.59 Å². The first-order valence-corrected chi connectivity index (χ1v) is 8.46. The van der Waals surface area contributed by atoms with Crippen LogP contribution in [0, 0.1) is 0 Å². The number of thioether (sulfide) groups is 2. The van der Waals surface area contributed by atoms with Crippen molar-refractivity contribution in [2.24, 2.45) is 0 Å². The first-order valence-electron chi connectivity index (χ1n) is 6.01. The Balaban J connectivity index is 2.17. The van der Waals surface area contributed by atoms with E-state index in [0.717, 1.165) is 10.5 Å². The highest BCUT2D eigenvalue weighted by Crippen LogP contribution is 2.32. The second-order valence-electron chi connectivity index (χ2n) is 4.12. The fraction of sp³-hybridized carbons (Fsp3) is 0.214. The molecule has 21 heavy (non-hydrogen) atoms. The van der Waals surface area contributed by atoms with Crippen LogP contribution in [0.3, 0.4) is 0 Å². The van der Waals surface area contributed by atoms with Gasteiger partial charge in [0, 0.05) is 4.90 Å². The lowest BCUT2D eigenvalue weighted by molar-refractivity contribution is -0.143. The maximum Gasteiger partial charge on any atom is 0.325 e. The minimum atomic E-state index is -0.489. The summed E-state index contributed by atoms with van der Waals surface area (Å²) in [5.74, 6) is -0.749. The Kier molecular flexibility index (Phi) is 5.44. The van der Waals surface area contributed by atoms with Gasteiger partial charge in [-0.15, -0.1) is 11.8 Å². The average molecular weight is 339 g/mol. The number of carbonyl (C=O) groups excluding carboxylic acids is 2. The third-order valence-corrected chi connectivity index (χ3v) is 4.92. The predicted octanol–water partition coefficient (Wildman–Crippen LogP) is 2.78. The average Bonchev–Trinajstić information content (AvgIpc) is 2.75. The fourth-order valence-corrected chi connectivity index (χ4v) is 3.34. The molecule has 0 radical (unpaired) electrons. The Morgan fingerprint density at radius 1 is 1.43 bits per heavy atom. The summed E-state index contributed by atoms with van der Waals surface area (Å²) in [5, 5.41) is 0. The topological polar surface area (TPSA) is 46.6 Å². The minimum Gasteiger partial charge on any atom is -0.468 e. The van der Waals surface area contributed by atoms with Crippen LogP contribution in [0.4, 0.5) is 0 Å². The van der Waals surface area contributed by atoms with Crippen LogP contribution in [-0.2, 0) is 14.3 Å². The van der Waals surface area contributed by atoms with Gasteiger partial charge < -0.3 is 4.74 Å². The predicted molar refractivity (Wildman–Crippen MR) is 90.1 cm³/mol. The number of hydrogen-bond donors (Lipinski definition) is 0. The van der Waals surface area contributed by atoms with Gasteiger partial charge >= 0.3 is 5.97 Å². The van der Waals surface area contributed by atoms with E-state index < -0.39 is 5.97 Å². The van der Waals surface area contributed by atoms with Crippen molar-refractivity contribution >= 4 is 58.0 Å². The number of rotatable bonds is 4. The summed E-state index contributed by atoms with van der Waals surface area (Å²) < 4.78 is 4.94. The van der Waals surface area contributed by atoms with E-state index in [-0.39, 0.29) is 12.5 Å². The lowest BCUT2D eigenvalue weighted by atomic mass is 10.2. The van der Waals surface area contributed by atoms with Gasteiger partial charge in [0.05, 0.1) is 12.0 Å². The Hall–Kier alpha value is -1.31. The van der Waals surface area contributed by atoms with Crippen LogP contribution >= 0.6 is 35.7 Å². The van der Waals surface area contributed by atoms with Crippen molar-refractivity contribution in [1.29, 1.82) is 0 Å². The van der Waals surface area contributed by atoms with Gasteiger partial charge in [-0.3, -0.25) is 14.5 Å². The molecule has 0 spiro atoms. The van der Waals surface area contributed by atoms with Crippen LogP contribution < -0.4 is 0 Å². The van der Waals surface area contributed by atoms with Gasteiger partial charge in [0.25, 0.3) is 5.91 Å². The molecule has 1 heterocycles. The van der Waals surface area contributed by atoms with E-state index in [2.05, 4.69) is 4.74 Å². The van der Waals surface area contributed by atoms with E-state index >= 15 is 0 Å². The van der Waals surface area contributed by atoms with Gasteiger partial charge in [-0.05, 0) is 30.0 Å². The number of methoxy groups -OCH3 is 1. The molecule has 1 aliphatic heterocycles. The number of thiocarbonyl (C=S) groups is 1. The molecular formula is C14H13NO3S3. The number of amides is 1. The Morgan fingerprint density at radius 2 is 2.10 bits per heavy atom. The van der Waals surface area contributed by atoms with Crippen molar-refractivity contribution < 1.29 is 14.3 Å². The lowest BCUT2D eigenvalue weighted by Gasteiger charge is -2.11. The Morgan fingerprint density at radius 3 is 2.67 bits per heavy atom. The Labute approximate surface area is 136 Å². The SMILES string of the molecule is COC(=O)CN1C(=O)/C(=C/c2ccc(SC)cc2)SC1=S. The van der Waals surface area contributed by atoms with Crippen molar-refractivity contribution in [3.05, 3.63) is 34.7 Å². The summed E-state index contributed by atoms with van der Waals surface area (Å²) in [6.07, 6.45) is 3.79. The van der Waals surface area contributed by atoms with Crippen LogP contribution in [0.1, 0.15) is 5.56 Å². The molecule has 0 saturated carbocycles. The number of hydrogen-bond acceptors (Lipinski definition) is 6. The molecule has 1 amide bonds. The molecule has 1 fully saturated rings. The Bertz CT molecular complexity index is 610. The van der Waals surface area contributed by atoms with Gasteiger partial charge in [0.15, 0.2) is 0 Å². The van der Waals surface area contributed by atoms with Crippen molar-refractivity contribution in [3.8, 4) is 0 Å². The van der Waals surface area contributed by atoms with Crippen molar-refractivity contribution in [2.75, 3.05) is 19.9 Å². The van der Waals surface area contributed by atoms with Gasteiger partial charge in [-0.25, -0.2) is 0 Å². The van der Waals surface area contributed by atoms with Gasteiger partial charge in [-0.2, -0.15) is 0 Å². The second-order valence-corrected chi connectivity index (χ2v) is 6.67. The number of nitrogens with zero attached hydrogens (tertiary/aromatic N) is 1. The first-order chi connectivity index (χ1) is 10.0. The molecule has 1 aliphatic rings. The second kappa shape index (κ2) is 7.11. The summed E-state index contributed by atoms with van der Waals surface area (Å²) in [6, 6.07) is 7.87. The summed E-state index contributed by atoms with van der Waals surface area (Å²) in [7, 11) is 1.28. The van der Waals surface area contributed by atoms with Gasteiger partial charge in [-0.1, -0.05) is 36.1 Å². The largest absolute Gasteiger partial charge is 0.468 e. The molecule has 0 aromatic heterocycles. The standard InChI is InChI=1S/C14H13NO3S3/c1-18-12(16)8-15-13(17)11(21-14(15)19)7-9-3-5-10(20-2)6-4-9/h3-7H,8H2,1-2H3/b11-7-. The molecule has 0 unspecified atom stereocenters. The maximum absolute atomic E-state index is 12.2.